The predicted octanol–water partition coefficient (Wildman–Crippen LogP) is 3.46. The van der Waals surface area contributed by atoms with Crippen LogP contribution in [0.4, 0.5) is 10.1 Å². The van der Waals surface area contributed by atoms with Crippen LogP contribution in [0.5, 0.6) is 0 Å². The molecule has 0 spiro atoms. The molecular formula is C18H21FN4O2S. The fourth-order valence-corrected chi connectivity index (χ4v) is 2.96. The topological polar surface area (TPSA) is 79.6 Å². The van der Waals surface area contributed by atoms with E-state index < -0.39 is 4.92 Å². The summed E-state index contributed by atoms with van der Waals surface area (Å²) in [5, 5.41) is 17.0. The zero-order chi connectivity index (χ0) is 18.9. The molecule has 2 N–H and O–H groups in total. The molecule has 26 heavy (non-hydrogen) atoms. The van der Waals surface area contributed by atoms with Gasteiger partial charge in [0.2, 0.25) is 0 Å². The lowest BCUT2D eigenvalue weighted by Gasteiger charge is -2.14. The van der Waals surface area contributed by atoms with Crippen LogP contribution in [0.15, 0.2) is 47.5 Å². The van der Waals surface area contributed by atoms with Gasteiger partial charge in [-0.05, 0) is 35.1 Å². The summed E-state index contributed by atoms with van der Waals surface area (Å²) in [5.74, 6) is 1.10. The van der Waals surface area contributed by atoms with Gasteiger partial charge in [-0.3, -0.25) is 15.1 Å². The molecule has 0 bridgehead atoms. The summed E-state index contributed by atoms with van der Waals surface area (Å²) in [7, 11) is 1.67. The molecule has 2 rings (SSSR count). The molecule has 8 heteroatoms. The van der Waals surface area contributed by atoms with Gasteiger partial charge in [-0.25, -0.2) is 4.39 Å². The Balaban J connectivity index is 1.93. The normalized spacial score (nSPS) is 11.3. The van der Waals surface area contributed by atoms with Crippen LogP contribution in [-0.4, -0.2) is 24.2 Å². The second-order valence-corrected chi connectivity index (χ2v) is 6.41. The molecule has 0 aliphatic heterocycles. The highest BCUT2D eigenvalue weighted by molar-refractivity contribution is 7.97. The largest absolute Gasteiger partial charge is 0.352 e. The Hall–Kier alpha value is -2.61. The molecule has 2 aromatic carbocycles. The minimum Gasteiger partial charge on any atom is -0.352 e. The van der Waals surface area contributed by atoms with Crippen LogP contribution in [0.2, 0.25) is 0 Å². The Bertz CT molecular complexity index is 781. The van der Waals surface area contributed by atoms with Gasteiger partial charge in [0.05, 0.1) is 4.92 Å². The average molecular weight is 376 g/mol. The van der Waals surface area contributed by atoms with Gasteiger partial charge in [0.15, 0.2) is 5.96 Å². The van der Waals surface area contributed by atoms with Gasteiger partial charge in [-0.2, -0.15) is 11.8 Å². The van der Waals surface area contributed by atoms with E-state index in [1.165, 1.54) is 18.2 Å². The smallest absolute Gasteiger partial charge is 0.269 e. The highest BCUT2D eigenvalue weighted by atomic mass is 32.2. The van der Waals surface area contributed by atoms with E-state index in [1.807, 2.05) is 6.26 Å². The number of nitrogens with one attached hydrogen (secondary N) is 2. The van der Waals surface area contributed by atoms with Crippen molar-refractivity contribution in [2.75, 3.05) is 13.3 Å². The molecule has 2 aromatic rings. The first-order valence-electron chi connectivity index (χ1n) is 7.97. The van der Waals surface area contributed by atoms with E-state index >= 15 is 0 Å². The molecule has 138 valence electrons. The number of hydrogen-bond acceptors (Lipinski definition) is 4. The number of guanidine groups is 1. The van der Waals surface area contributed by atoms with Crippen LogP contribution < -0.4 is 10.6 Å². The van der Waals surface area contributed by atoms with Crippen LogP contribution >= 0.6 is 11.8 Å². The summed E-state index contributed by atoms with van der Waals surface area (Å²) in [5.41, 5.74) is 2.94. The minimum atomic E-state index is -0.424. The number of thioether (sulfide) groups is 1. The van der Waals surface area contributed by atoms with E-state index in [-0.39, 0.29) is 11.5 Å². The fraction of sp³-hybridized carbons (Fsp3) is 0.278. The lowest BCUT2D eigenvalue weighted by molar-refractivity contribution is -0.384. The van der Waals surface area contributed by atoms with E-state index in [1.54, 1.807) is 43.1 Å². The van der Waals surface area contributed by atoms with E-state index in [0.717, 1.165) is 22.4 Å². The Morgan fingerprint density at radius 2 is 1.85 bits per heavy atom. The molecule has 0 fully saturated rings. The quantitative estimate of drug-likeness (QED) is 0.335. The standard InChI is InChI=1S/C18H21FN4O2S/c1-20-18(21-10-13-3-7-17(8-4-13)23(24)25)22-11-14-5-6-16(19)9-15(14)12-26-2/h3-9H,10-12H2,1-2H3,(H2,20,21,22). The fourth-order valence-electron chi connectivity index (χ4n) is 2.38. The first kappa shape index (κ1) is 19.7. The van der Waals surface area contributed by atoms with Crippen LogP contribution in [0.3, 0.4) is 0 Å². The van der Waals surface area contributed by atoms with Crippen LogP contribution in [0.25, 0.3) is 0 Å². The number of hydrogen-bond donors (Lipinski definition) is 2. The van der Waals surface area contributed by atoms with Crippen molar-refractivity contribution < 1.29 is 9.31 Å². The summed E-state index contributed by atoms with van der Waals surface area (Å²) < 4.78 is 13.4. The maximum absolute atomic E-state index is 13.4. The van der Waals surface area contributed by atoms with Crippen molar-refractivity contribution in [2.45, 2.75) is 18.8 Å². The Morgan fingerprint density at radius 3 is 2.46 bits per heavy atom. The number of benzene rings is 2. The highest BCUT2D eigenvalue weighted by Crippen LogP contribution is 2.16. The number of nitrogens with zero attached hydrogens (tertiary/aromatic N) is 2. The number of nitro benzene ring substituents is 1. The van der Waals surface area contributed by atoms with Gasteiger partial charge >= 0.3 is 0 Å². The molecule has 0 heterocycles. The van der Waals surface area contributed by atoms with Crippen molar-refractivity contribution in [1.82, 2.24) is 10.6 Å². The van der Waals surface area contributed by atoms with Crippen molar-refractivity contribution in [3.8, 4) is 0 Å². The van der Waals surface area contributed by atoms with Crippen molar-refractivity contribution in [3.05, 3.63) is 75.1 Å². The molecule has 0 aromatic heterocycles. The van der Waals surface area contributed by atoms with Crippen molar-refractivity contribution in [1.29, 1.82) is 0 Å². The third-order valence-corrected chi connectivity index (χ3v) is 4.34. The number of nitro groups is 1. The van der Waals surface area contributed by atoms with Crippen molar-refractivity contribution in [2.24, 2.45) is 4.99 Å². The first-order chi connectivity index (χ1) is 12.5. The summed E-state index contributed by atoms with van der Waals surface area (Å²) in [6, 6.07) is 11.1. The molecule has 0 unspecified atom stereocenters. The lowest BCUT2D eigenvalue weighted by atomic mass is 10.1. The van der Waals surface area contributed by atoms with E-state index in [9.17, 15) is 14.5 Å². The third-order valence-electron chi connectivity index (χ3n) is 3.75. The summed E-state index contributed by atoms with van der Waals surface area (Å²) in [6.07, 6.45) is 1.98. The van der Waals surface area contributed by atoms with Crippen molar-refractivity contribution >= 4 is 23.4 Å². The monoisotopic (exact) mass is 376 g/mol. The zero-order valence-electron chi connectivity index (χ0n) is 14.7. The van der Waals surface area contributed by atoms with Gasteiger partial charge in [-0.1, -0.05) is 18.2 Å². The Kier molecular flexibility index (Phi) is 7.40. The molecule has 0 aliphatic carbocycles. The zero-order valence-corrected chi connectivity index (χ0v) is 15.5. The molecule has 0 aliphatic rings. The van der Waals surface area contributed by atoms with Crippen molar-refractivity contribution in [3.63, 3.8) is 0 Å². The molecular weight excluding hydrogens is 355 g/mol. The van der Waals surface area contributed by atoms with E-state index in [4.69, 9.17) is 0 Å². The van der Waals surface area contributed by atoms with Gasteiger partial charge in [0.25, 0.3) is 5.69 Å². The van der Waals surface area contributed by atoms with E-state index in [2.05, 4.69) is 15.6 Å². The SMILES string of the molecule is CN=C(NCc1ccc([N+](=O)[O-])cc1)NCc1ccc(F)cc1CSC. The average Bonchev–Trinajstić information content (AvgIpc) is 2.64. The van der Waals surface area contributed by atoms with Gasteiger partial charge < -0.3 is 10.6 Å². The Labute approximate surface area is 156 Å². The maximum atomic E-state index is 13.4. The second-order valence-electron chi connectivity index (χ2n) is 5.55. The second kappa shape index (κ2) is 9.76. The summed E-state index contributed by atoms with van der Waals surface area (Å²) in [4.78, 5) is 14.4. The number of rotatable bonds is 7. The van der Waals surface area contributed by atoms with E-state index in [0.29, 0.717) is 19.0 Å². The minimum absolute atomic E-state index is 0.0638. The summed E-state index contributed by atoms with van der Waals surface area (Å²) >= 11 is 1.64. The molecule has 0 saturated carbocycles. The number of aliphatic imine (C=N–C) groups is 1. The summed E-state index contributed by atoms with van der Waals surface area (Å²) in [6.45, 7) is 1.01. The van der Waals surface area contributed by atoms with Gasteiger partial charge in [0.1, 0.15) is 5.82 Å². The van der Waals surface area contributed by atoms with Gasteiger partial charge in [0, 0.05) is 38.0 Å². The predicted molar refractivity (Wildman–Crippen MR) is 104 cm³/mol. The number of non-ortho nitro benzene ring substituents is 1. The molecule has 0 saturated heterocycles. The number of halogens is 1. The molecule has 0 atom stereocenters. The van der Waals surface area contributed by atoms with Crippen LogP contribution in [-0.2, 0) is 18.8 Å². The van der Waals surface area contributed by atoms with Crippen LogP contribution in [0, 0.1) is 15.9 Å². The lowest BCUT2D eigenvalue weighted by Crippen LogP contribution is -2.36. The third kappa shape index (κ3) is 5.73. The highest BCUT2D eigenvalue weighted by Gasteiger charge is 2.07. The van der Waals surface area contributed by atoms with Gasteiger partial charge in [-0.15, -0.1) is 0 Å². The molecule has 0 amide bonds. The maximum Gasteiger partial charge on any atom is 0.269 e. The Morgan fingerprint density at radius 1 is 1.15 bits per heavy atom. The molecule has 0 radical (unpaired) electrons. The molecule has 6 nitrogen and oxygen atoms in total. The van der Waals surface area contributed by atoms with Crippen LogP contribution in [0.1, 0.15) is 16.7 Å². The first-order valence-corrected chi connectivity index (χ1v) is 9.37.